The van der Waals surface area contributed by atoms with Crippen LogP contribution in [0.2, 0.25) is 0 Å². The van der Waals surface area contributed by atoms with E-state index in [1.165, 1.54) is 22.4 Å². The van der Waals surface area contributed by atoms with E-state index in [1.807, 2.05) is 13.8 Å². The van der Waals surface area contributed by atoms with Crippen molar-refractivity contribution in [3.8, 4) is 11.3 Å². The predicted octanol–water partition coefficient (Wildman–Crippen LogP) is 4.95. The second-order valence-electron chi connectivity index (χ2n) is 4.85. The minimum Gasteiger partial charge on any atom is -0.303 e. The number of nitrogens with zero attached hydrogens (tertiary/aromatic N) is 2. The summed E-state index contributed by atoms with van der Waals surface area (Å²) in [7, 11) is 0. The molecule has 20 heavy (non-hydrogen) atoms. The van der Waals surface area contributed by atoms with Crippen LogP contribution in [0.5, 0.6) is 0 Å². The Labute approximate surface area is 121 Å². The highest BCUT2D eigenvalue weighted by molar-refractivity contribution is 5.66. The molecule has 2 heteroatoms. The molecular formula is C18H22N2. The summed E-state index contributed by atoms with van der Waals surface area (Å²) in [6.07, 6.45) is 2.13. The maximum atomic E-state index is 4.72. The van der Waals surface area contributed by atoms with Crippen molar-refractivity contribution < 1.29 is 0 Å². The number of imidazole rings is 1. The molecule has 0 amide bonds. The molecule has 2 aromatic heterocycles. The zero-order valence-electron chi connectivity index (χ0n) is 12.9. The zero-order valence-corrected chi connectivity index (χ0v) is 12.9. The topological polar surface area (TPSA) is 17.3 Å². The molecule has 0 N–H and O–H groups in total. The lowest BCUT2D eigenvalue weighted by Gasteiger charge is -2.00. The smallest absolute Gasteiger partial charge is 0.137 e. The number of hydrogen-bond acceptors (Lipinski definition) is 1. The number of hydrogen-bond donors (Lipinski definition) is 0. The van der Waals surface area contributed by atoms with Gasteiger partial charge in [-0.25, -0.2) is 4.98 Å². The van der Waals surface area contributed by atoms with Gasteiger partial charge in [-0.3, -0.25) is 0 Å². The molecule has 0 saturated carbocycles. The SMILES string of the molecule is CC.Cc1ccc(-c2nc3ccc(C)cn3c2C)cc1. The first-order valence-corrected chi connectivity index (χ1v) is 7.17. The number of fused-ring (bicyclic) bond motifs is 1. The standard InChI is InChI=1S/C16H16N2.C2H6/c1-11-4-7-14(8-5-11)16-13(3)18-10-12(2)6-9-15(18)17-16;1-2/h4-10H,1-3H3;1-2H3. The fourth-order valence-electron chi connectivity index (χ4n) is 2.25. The van der Waals surface area contributed by atoms with Gasteiger partial charge >= 0.3 is 0 Å². The lowest BCUT2D eigenvalue weighted by molar-refractivity contribution is 1.09. The van der Waals surface area contributed by atoms with E-state index >= 15 is 0 Å². The molecule has 0 bridgehead atoms. The lowest BCUT2D eigenvalue weighted by Crippen LogP contribution is -1.88. The van der Waals surface area contributed by atoms with Gasteiger partial charge in [0.05, 0.1) is 5.69 Å². The van der Waals surface area contributed by atoms with Crippen LogP contribution in [0.25, 0.3) is 16.9 Å². The van der Waals surface area contributed by atoms with E-state index in [0.29, 0.717) is 0 Å². The van der Waals surface area contributed by atoms with Gasteiger partial charge in [-0.05, 0) is 32.4 Å². The van der Waals surface area contributed by atoms with E-state index in [2.05, 4.69) is 67.8 Å². The predicted molar refractivity (Wildman–Crippen MR) is 86.2 cm³/mol. The minimum absolute atomic E-state index is 1.01. The fourth-order valence-corrected chi connectivity index (χ4v) is 2.25. The Bertz CT molecular complexity index is 706. The first-order valence-electron chi connectivity index (χ1n) is 7.17. The van der Waals surface area contributed by atoms with Crippen LogP contribution in [0.4, 0.5) is 0 Å². The average molecular weight is 266 g/mol. The zero-order chi connectivity index (χ0) is 14.7. The fraction of sp³-hybridized carbons (Fsp3) is 0.278. The number of aromatic nitrogens is 2. The average Bonchev–Trinajstić information content (AvgIpc) is 2.79. The van der Waals surface area contributed by atoms with Crippen LogP contribution in [-0.4, -0.2) is 9.38 Å². The Balaban J connectivity index is 0.000000704. The molecule has 2 heterocycles. The van der Waals surface area contributed by atoms with Gasteiger partial charge in [0.1, 0.15) is 5.65 Å². The highest BCUT2D eigenvalue weighted by Gasteiger charge is 2.09. The Morgan fingerprint density at radius 1 is 0.800 bits per heavy atom. The van der Waals surface area contributed by atoms with Crippen molar-refractivity contribution in [3.05, 3.63) is 59.4 Å². The highest BCUT2D eigenvalue weighted by Crippen LogP contribution is 2.24. The normalized spacial score (nSPS) is 10.2. The van der Waals surface area contributed by atoms with Gasteiger partial charge in [-0.15, -0.1) is 0 Å². The van der Waals surface area contributed by atoms with Crippen molar-refractivity contribution in [3.63, 3.8) is 0 Å². The molecule has 0 fully saturated rings. The van der Waals surface area contributed by atoms with E-state index in [4.69, 9.17) is 4.98 Å². The summed E-state index contributed by atoms with van der Waals surface area (Å²) >= 11 is 0. The van der Waals surface area contributed by atoms with Crippen molar-refractivity contribution >= 4 is 5.65 Å². The molecule has 0 saturated heterocycles. The van der Waals surface area contributed by atoms with Crippen LogP contribution in [-0.2, 0) is 0 Å². The third-order valence-electron chi connectivity index (χ3n) is 3.33. The van der Waals surface area contributed by atoms with Crippen LogP contribution in [0.15, 0.2) is 42.6 Å². The van der Waals surface area contributed by atoms with Crippen molar-refractivity contribution in [1.29, 1.82) is 0 Å². The number of rotatable bonds is 1. The maximum absolute atomic E-state index is 4.72. The largest absolute Gasteiger partial charge is 0.303 e. The molecule has 0 atom stereocenters. The van der Waals surface area contributed by atoms with E-state index < -0.39 is 0 Å². The molecular weight excluding hydrogens is 244 g/mol. The third kappa shape index (κ3) is 2.60. The molecule has 0 aliphatic carbocycles. The van der Waals surface area contributed by atoms with E-state index in [-0.39, 0.29) is 0 Å². The van der Waals surface area contributed by atoms with Crippen molar-refractivity contribution in [2.75, 3.05) is 0 Å². The van der Waals surface area contributed by atoms with E-state index in [9.17, 15) is 0 Å². The summed E-state index contributed by atoms with van der Waals surface area (Å²) in [6.45, 7) is 10.3. The molecule has 3 rings (SSSR count). The first kappa shape index (κ1) is 14.3. The Hall–Kier alpha value is -2.09. The van der Waals surface area contributed by atoms with Gasteiger partial charge < -0.3 is 4.40 Å². The Morgan fingerprint density at radius 2 is 1.40 bits per heavy atom. The second kappa shape index (κ2) is 5.91. The van der Waals surface area contributed by atoms with Crippen LogP contribution in [0, 0.1) is 20.8 Å². The van der Waals surface area contributed by atoms with Crippen LogP contribution < -0.4 is 0 Å². The number of benzene rings is 1. The molecule has 3 aromatic rings. The van der Waals surface area contributed by atoms with Crippen LogP contribution in [0.3, 0.4) is 0 Å². The Kier molecular flexibility index (Phi) is 4.23. The molecule has 0 aliphatic rings. The summed E-state index contributed by atoms with van der Waals surface area (Å²) in [6, 6.07) is 12.7. The summed E-state index contributed by atoms with van der Waals surface area (Å²) < 4.78 is 2.16. The van der Waals surface area contributed by atoms with Gasteiger partial charge in [0.15, 0.2) is 0 Å². The first-order chi connectivity index (χ1) is 9.65. The van der Waals surface area contributed by atoms with Crippen LogP contribution in [0.1, 0.15) is 30.7 Å². The van der Waals surface area contributed by atoms with Gasteiger partial charge in [0.25, 0.3) is 0 Å². The monoisotopic (exact) mass is 266 g/mol. The van der Waals surface area contributed by atoms with Crippen molar-refractivity contribution in [1.82, 2.24) is 9.38 Å². The van der Waals surface area contributed by atoms with Gasteiger partial charge in [0, 0.05) is 17.5 Å². The lowest BCUT2D eigenvalue weighted by atomic mass is 10.1. The summed E-state index contributed by atoms with van der Waals surface area (Å²) in [5.41, 5.74) is 6.97. The summed E-state index contributed by atoms with van der Waals surface area (Å²) in [4.78, 5) is 4.72. The molecule has 0 radical (unpaired) electrons. The Morgan fingerprint density at radius 3 is 2.05 bits per heavy atom. The molecule has 1 aromatic carbocycles. The van der Waals surface area contributed by atoms with Gasteiger partial charge in [-0.1, -0.05) is 49.7 Å². The maximum Gasteiger partial charge on any atom is 0.137 e. The molecule has 2 nitrogen and oxygen atoms in total. The molecule has 0 spiro atoms. The quantitative estimate of drug-likeness (QED) is 0.609. The third-order valence-corrected chi connectivity index (χ3v) is 3.33. The van der Waals surface area contributed by atoms with E-state index in [0.717, 1.165) is 11.3 Å². The second-order valence-corrected chi connectivity index (χ2v) is 4.85. The van der Waals surface area contributed by atoms with Gasteiger partial charge in [0.2, 0.25) is 0 Å². The molecule has 104 valence electrons. The van der Waals surface area contributed by atoms with Crippen molar-refractivity contribution in [2.45, 2.75) is 34.6 Å². The van der Waals surface area contributed by atoms with E-state index in [1.54, 1.807) is 0 Å². The number of pyridine rings is 1. The summed E-state index contributed by atoms with van der Waals surface area (Å²) in [5, 5.41) is 0. The highest BCUT2D eigenvalue weighted by atomic mass is 15.0. The molecule has 0 unspecified atom stereocenters. The minimum atomic E-state index is 1.01. The molecule has 0 aliphatic heterocycles. The summed E-state index contributed by atoms with van der Waals surface area (Å²) in [5.74, 6) is 0. The van der Waals surface area contributed by atoms with Crippen LogP contribution >= 0.6 is 0 Å². The van der Waals surface area contributed by atoms with Gasteiger partial charge in [-0.2, -0.15) is 0 Å². The number of aryl methyl sites for hydroxylation is 3. The van der Waals surface area contributed by atoms with Crippen molar-refractivity contribution in [2.24, 2.45) is 0 Å².